The summed E-state index contributed by atoms with van der Waals surface area (Å²) in [5.41, 5.74) is 2.30. The Labute approximate surface area is 221 Å². The van der Waals surface area contributed by atoms with Gasteiger partial charge in [-0.1, -0.05) is 72.8 Å². The number of amides is 2. The molecule has 0 bridgehead atoms. The molecule has 2 heterocycles. The van der Waals surface area contributed by atoms with Gasteiger partial charge in [0.25, 0.3) is 5.91 Å². The number of nitrogens with zero attached hydrogens (tertiary/aromatic N) is 4. The highest BCUT2D eigenvalue weighted by atomic mass is 16.2. The number of Topliss-reactive ketones (excluding diaryl/α,β-unsaturated/α-hetero) is 1. The molecule has 4 aromatic rings. The second kappa shape index (κ2) is 11.2. The molecule has 0 spiro atoms. The average Bonchev–Trinajstić information content (AvgIpc) is 3.51. The third-order valence-electron chi connectivity index (χ3n) is 7.02. The van der Waals surface area contributed by atoms with Crippen LogP contribution in [-0.2, 0) is 4.79 Å². The Kier molecular flexibility index (Phi) is 7.40. The van der Waals surface area contributed by atoms with Crippen molar-refractivity contribution in [3.8, 4) is 5.69 Å². The molecule has 0 aliphatic carbocycles. The van der Waals surface area contributed by atoms with Gasteiger partial charge in [0.15, 0.2) is 5.78 Å². The number of ketones is 1. The van der Waals surface area contributed by atoms with Crippen molar-refractivity contribution < 1.29 is 14.4 Å². The molecule has 3 aromatic carbocycles. The van der Waals surface area contributed by atoms with Gasteiger partial charge in [0.05, 0.1) is 29.6 Å². The smallest absolute Gasteiger partial charge is 0.256 e. The number of para-hydroxylation sites is 1. The SMILES string of the molecule is C[C@@H]1CC[C@@H](C(=O)NC(C(=O)c2ccccc2)c2ccccc2)CN1C(=O)c1ccccc1-n1nccn1. The standard InChI is InChI=1S/C30H29N5O3/c1-21-16-17-24(20-34(21)30(38)25-14-8-9-15-26(25)35-31-18-19-32-35)29(37)33-27(22-10-4-2-5-11-22)28(36)23-12-6-3-7-13-23/h2-15,18-19,21,24,27H,16-17,20H2,1H3,(H,33,37)/t21-,24-,27?/m1/s1. The molecule has 1 fully saturated rings. The highest BCUT2D eigenvalue weighted by Gasteiger charge is 2.35. The van der Waals surface area contributed by atoms with Gasteiger partial charge in [-0.25, -0.2) is 0 Å². The van der Waals surface area contributed by atoms with Crippen molar-refractivity contribution in [1.82, 2.24) is 25.2 Å². The van der Waals surface area contributed by atoms with Gasteiger partial charge in [0.1, 0.15) is 6.04 Å². The van der Waals surface area contributed by atoms with Crippen LogP contribution in [0.2, 0.25) is 0 Å². The number of carbonyl (C=O) groups excluding carboxylic acids is 3. The maximum absolute atomic E-state index is 13.7. The molecule has 1 N–H and O–H groups in total. The summed E-state index contributed by atoms with van der Waals surface area (Å²) in [6.45, 7) is 2.25. The van der Waals surface area contributed by atoms with Crippen LogP contribution < -0.4 is 5.32 Å². The van der Waals surface area contributed by atoms with E-state index < -0.39 is 12.0 Å². The maximum atomic E-state index is 13.7. The average molecular weight is 508 g/mol. The number of hydrogen-bond acceptors (Lipinski definition) is 5. The molecule has 1 aliphatic rings. The molecule has 0 radical (unpaired) electrons. The van der Waals surface area contributed by atoms with E-state index in [1.54, 1.807) is 59.8 Å². The van der Waals surface area contributed by atoms with Crippen LogP contribution in [0.5, 0.6) is 0 Å². The Bertz CT molecular complexity index is 1410. The Balaban J connectivity index is 1.36. The lowest BCUT2D eigenvalue weighted by molar-refractivity contribution is -0.127. The third kappa shape index (κ3) is 5.25. The van der Waals surface area contributed by atoms with E-state index in [-0.39, 0.29) is 30.2 Å². The number of likely N-dealkylation sites (tertiary alicyclic amines) is 1. The minimum absolute atomic E-state index is 0.0407. The second-order valence-electron chi connectivity index (χ2n) is 9.50. The molecule has 8 nitrogen and oxygen atoms in total. The zero-order valence-corrected chi connectivity index (χ0v) is 21.1. The van der Waals surface area contributed by atoms with Crippen LogP contribution in [0.4, 0.5) is 0 Å². The predicted octanol–water partition coefficient (Wildman–Crippen LogP) is 4.25. The molecule has 2 amide bonds. The van der Waals surface area contributed by atoms with Gasteiger partial charge in [0.2, 0.25) is 5.91 Å². The van der Waals surface area contributed by atoms with Crippen LogP contribution in [0.1, 0.15) is 52.1 Å². The number of nitrogens with one attached hydrogen (secondary N) is 1. The quantitative estimate of drug-likeness (QED) is 0.377. The van der Waals surface area contributed by atoms with E-state index in [0.29, 0.717) is 35.2 Å². The molecule has 3 atom stereocenters. The first kappa shape index (κ1) is 25.1. The predicted molar refractivity (Wildman–Crippen MR) is 143 cm³/mol. The van der Waals surface area contributed by atoms with E-state index in [9.17, 15) is 14.4 Å². The van der Waals surface area contributed by atoms with Crippen molar-refractivity contribution in [3.05, 3.63) is 114 Å². The molecule has 1 aromatic heterocycles. The molecule has 1 aliphatic heterocycles. The largest absolute Gasteiger partial charge is 0.342 e. The molecule has 192 valence electrons. The van der Waals surface area contributed by atoms with Gasteiger partial charge in [-0.15, -0.1) is 0 Å². The Morgan fingerprint density at radius 3 is 2.18 bits per heavy atom. The summed E-state index contributed by atoms with van der Waals surface area (Å²) in [6, 6.07) is 24.5. The van der Waals surface area contributed by atoms with Crippen LogP contribution in [0.25, 0.3) is 5.69 Å². The summed E-state index contributed by atoms with van der Waals surface area (Å²) in [4.78, 5) is 43.9. The molecule has 1 unspecified atom stereocenters. The van der Waals surface area contributed by atoms with Gasteiger partial charge in [0, 0.05) is 18.2 Å². The zero-order chi connectivity index (χ0) is 26.5. The summed E-state index contributed by atoms with van der Waals surface area (Å²) in [7, 11) is 0. The van der Waals surface area contributed by atoms with Crippen LogP contribution in [0, 0.1) is 5.92 Å². The third-order valence-corrected chi connectivity index (χ3v) is 7.02. The highest BCUT2D eigenvalue weighted by Crippen LogP contribution is 2.27. The minimum Gasteiger partial charge on any atom is -0.342 e. The fourth-order valence-electron chi connectivity index (χ4n) is 4.90. The van der Waals surface area contributed by atoms with Crippen LogP contribution in [0.15, 0.2) is 97.3 Å². The Morgan fingerprint density at radius 1 is 0.842 bits per heavy atom. The molecule has 5 rings (SSSR count). The lowest BCUT2D eigenvalue weighted by Crippen LogP contribution is -2.50. The lowest BCUT2D eigenvalue weighted by atomic mass is 9.90. The molecule has 8 heteroatoms. The fraction of sp³-hybridized carbons (Fsp3) is 0.233. The number of carbonyl (C=O) groups is 3. The van der Waals surface area contributed by atoms with Gasteiger partial charge >= 0.3 is 0 Å². The molecule has 38 heavy (non-hydrogen) atoms. The summed E-state index contributed by atoms with van der Waals surface area (Å²) in [5, 5.41) is 11.4. The number of aromatic nitrogens is 3. The van der Waals surface area contributed by atoms with E-state index >= 15 is 0 Å². The lowest BCUT2D eigenvalue weighted by Gasteiger charge is -2.38. The zero-order valence-electron chi connectivity index (χ0n) is 21.1. The Morgan fingerprint density at radius 2 is 1.47 bits per heavy atom. The van der Waals surface area contributed by atoms with Gasteiger partial charge < -0.3 is 10.2 Å². The summed E-state index contributed by atoms with van der Waals surface area (Å²) in [5.74, 6) is -1.04. The van der Waals surface area contributed by atoms with E-state index in [0.717, 1.165) is 0 Å². The van der Waals surface area contributed by atoms with Crippen LogP contribution in [0.3, 0.4) is 0 Å². The van der Waals surface area contributed by atoms with Crippen molar-refractivity contribution in [2.75, 3.05) is 6.54 Å². The fourth-order valence-corrected chi connectivity index (χ4v) is 4.90. The van der Waals surface area contributed by atoms with Crippen molar-refractivity contribution in [2.45, 2.75) is 31.8 Å². The molecular weight excluding hydrogens is 478 g/mol. The topological polar surface area (TPSA) is 97.2 Å². The first-order valence-corrected chi connectivity index (χ1v) is 12.7. The number of hydrogen-bond donors (Lipinski definition) is 1. The van der Waals surface area contributed by atoms with Crippen LogP contribution in [-0.4, -0.2) is 50.1 Å². The maximum Gasteiger partial charge on any atom is 0.256 e. The molecule has 0 saturated carbocycles. The normalized spacial score (nSPS) is 18.0. The van der Waals surface area contributed by atoms with Gasteiger partial charge in [-0.05, 0) is 37.5 Å². The summed E-state index contributed by atoms with van der Waals surface area (Å²) < 4.78 is 0. The van der Waals surface area contributed by atoms with E-state index in [4.69, 9.17) is 0 Å². The summed E-state index contributed by atoms with van der Waals surface area (Å²) in [6.07, 6.45) is 4.42. The Hall–Kier alpha value is -4.59. The second-order valence-corrected chi connectivity index (χ2v) is 9.50. The number of benzene rings is 3. The minimum atomic E-state index is -0.818. The molecule has 1 saturated heterocycles. The molecular formula is C30H29N5O3. The summed E-state index contributed by atoms with van der Waals surface area (Å²) >= 11 is 0. The van der Waals surface area contributed by atoms with Crippen molar-refractivity contribution in [2.24, 2.45) is 5.92 Å². The van der Waals surface area contributed by atoms with Gasteiger partial charge in [-0.2, -0.15) is 15.0 Å². The monoisotopic (exact) mass is 507 g/mol. The first-order valence-electron chi connectivity index (χ1n) is 12.7. The van der Waals surface area contributed by atoms with Crippen molar-refractivity contribution in [3.63, 3.8) is 0 Å². The van der Waals surface area contributed by atoms with E-state index in [1.807, 2.05) is 49.4 Å². The van der Waals surface area contributed by atoms with Crippen molar-refractivity contribution in [1.29, 1.82) is 0 Å². The highest BCUT2D eigenvalue weighted by molar-refractivity contribution is 6.03. The number of rotatable bonds is 7. The van der Waals surface area contributed by atoms with Crippen LogP contribution >= 0.6 is 0 Å². The van der Waals surface area contributed by atoms with E-state index in [2.05, 4.69) is 15.5 Å². The number of piperidine rings is 1. The first-order chi connectivity index (χ1) is 18.5. The van der Waals surface area contributed by atoms with E-state index in [1.165, 1.54) is 4.80 Å². The van der Waals surface area contributed by atoms with Gasteiger partial charge in [-0.3, -0.25) is 14.4 Å². The van der Waals surface area contributed by atoms with Crippen molar-refractivity contribution >= 4 is 17.6 Å².